The zero-order chi connectivity index (χ0) is 13.5. The first-order valence-electron chi connectivity index (χ1n) is 4.99. The van der Waals surface area contributed by atoms with E-state index in [1.165, 1.54) is 4.72 Å². The molecule has 0 heterocycles. The highest BCUT2D eigenvalue weighted by atomic mass is 32.2. The van der Waals surface area contributed by atoms with Gasteiger partial charge in [0.2, 0.25) is 10.0 Å². The molecule has 0 saturated carbocycles. The second-order valence-corrected chi connectivity index (χ2v) is 5.44. The van der Waals surface area contributed by atoms with E-state index in [4.69, 9.17) is 0 Å². The second kappa shape index (κ2) is 7.12. The van der Waals surface area contributed by atoms with Crippen molar-refractivity contribution >= 4 is 10.0 Å². The van der Waals surface area contributed by atoms with E-state index < -0.39 is 28.9 Å². The lowest BCUT2D eigenvalue weighted by Crippen LogP contribution is -2.42. The van der Waals surface area contributed by atoms with E-state index >= 15 is 0 Å². The third kappa shape index (κ3) is 7.50. The van der Waals surface area contributed by atoms with Crippen LogP contribution in [0.3, 0.4) is 0 Å². The maximum Gasteiger partial charge on any atom is 0.320 e. The first-order chi connectivity index (χ1) is 7.71. The molecule has 9 heteroatoms. The van der Waals surface area contributed by atoms with E-state index in [9.17, 15) is 26.0 Å². The van der Waals surface area contributed by atoms with Crippen LogP contribution in [0.25, 0.3) is 0 Å². The van der Waals surface area contributed by atoms with Crippen LogP contribution in [-0.4, -0.2) is 46.7 Å². The van der Waals surface area contributed by atoms with Crippen molar-refractivity contribution in [2.75, 3.05) is 25.9 Å². The Hall–Kier alpha value is -0.410. The smallest absolute Gasteiger partial charge is 0.320 e. The van der Waals surface area contributed by atoms with Crippen molar-refractivity contribution in [1.82, 2.24) is 10.0 Å². The van der Waals surface area contributed by atoms with Gasteiger partial charge in [0.25, 0.3) is 0 Å². The van der Waals surface area contributed by atoms with Crippen LogP contribution in [0.4, 0.5) is 17.6 Å². The summed E-state index contributed by atoms with van der Waals surface area (Å²) in [4.78, 5) is 0. The Morgan fingerprint density at radius 3 is 2.29 bits per heavy atom. The van der Waals surface area contributed by atoms with Crippen molar-refractivity contribution in [2.45, 2.75) is 25.2 Å². The van der Waals surface area contributed by atoms with Crippen molar-refractivity contribution < 1.29 is 26.0 Å². The highest BCUT2D eigenvalue weighted by Crippen LogP contribution is 2.21. The van der Waals surface area contributed by atoms with Gasteiger partial charge in [-0.3, -0.25) is 0 Å². The lowest BCUT2D eigenvalue weighted by molar-refractivity contribution is -0.122. The van der Waals surface area contributed by atoms with Gasteiger partial charge in [0.1, 0.15) is 0 Å². The quantitative estimate of drug-likeness (QED) is 0.485. The normalized spacial score (nSPS) is 13.3. The number of alkyl halides is 4. The fraction of sp³-hybridized carbons (Fsp3) is 1.00. The second-order valence-electron chi connectivity index (χ2n) is 3.51. The molecule has 0 aromatic rings. The molecule has 0 aromatic carbocycles. The summed E-state index contributed by atoms with van der Waals surface area (Å²) in [5.74, 6) is -4.69. The maximum absolute atomic E-state index is 12.4. The topological polar surface area (TPSA) is 58.2 Å². The molecule has 17 heavy (non-hydrogen) atoms. The fourth-order valence-electron chi connectivity index (χ4n) is 0.949. The highest BCUT2D eigenvalue weighted by molar-refractivity contribution is 7.89. The van der Waals surface area contributed by atoms with Gasteiger partial charge in [-0.15, -0.1) is 0 Å². The number of hydrogen-bond donors (Lipinski definition) is 2. The summed E-state index contributed by atoms with van der Waals surface area (Å²) in [6.07, 6.45) is -3.05. The van der Waals surface area contributed by atoms with Gasteiger partial charge in [0, 0.05) is 0 Å². The summed E-state index contributed by atoms with van der Waals surface area (Å²) >= 11 is 0. The summed E-state index contributed by atoms with van der Waals surface area (Å²) in [5, 5.41) is 2.79. The van der Waals surface area contributed by atoms with Gasteiger partial charge in [-0.1, -0.05) is 0 Å². The lowest BCUT2D eigenvalue weighted by atomic mass is 10.3. The van der Waals surface area contributed by atoms with Crippen molar-refractivity contribution in [1.29, 1.82) is 0 Å². The van der Waals surface area contributed by atoms with Crippen molar-refractivity contribution in [2.24, 2.45) is 0 Å². The Kier molecular flexibility index (Phi) is 6.95. The molecule has 0 amide bonds. The summed E-state index contributed by atoms with van der Waals surface area (Å²) < 4.78 is 72.1. The SMILES string of the molecule is CNCCCCS(=O)(=O)NCC(F)(F)C(F)F. The molecule has 4 nitrogen and oxygen atoms in total. The number of rotatable bonds is 9. The average Bonchev–Trinajstić information content (AvgIpc) is 2.22. The molecule has 0 atom stereocenters. The van der Waals surface area contributed by atoms with Crippen molar-refractivity contribution in [3.05, 3.63) is 0 Å². The van der Waals surface area contributed by atoms with Gasteiger partial charge in [-0.05, 0) is 26.4 Å². The molecule has 0 radical (unpaired) electrons. The zero-order valence-corrected chi connectivity index (χ0v) is 10.2. The number of nitrogens with one attached hydrogen (secondary N) is 2. The van der Waals surface area contributed by atoms with Crippen LogP contribution in [0.1, 0.15) is 12.8 Å². The van der Waals surface area contributed by atoms with Gasteiger partial charge in [0.15, 0.2) is 0 Å². The summed E-state index contributed by atoms with van der Waals surface area (Å²) in [7, 11) is -2.23. The number of halogens is 4. The summed E-state index contributed by atoms with van der Waals surface area (Å²) in [6.45, 7) is -0.970. The third-order valence-corrected chi connectivity index (χ3v) is 3.35. The van der Waals surface area contributed by atoms with E-state index in [1.54, 1.807) is 7.05 Å². The van der Waals surface area contributed by atoms with Gasteiger partial charge in [-0.2, -0.15) is 8.78 Å². The monoisotopic (exact) mass is 280 g/mol. The zero-order valence-electron chi connectivity index (χ0n) is 9.35. The Balaban J connectivity index is 4.02. The summed E-state index contributed by atoms with van der Waals surface area (Å²) in [6, 6.07) is 0. The van der Waals surface area contributed by atoms with Crippen LogP contribution in [-0.2, 0) is 10.0 Å². The molecule has 0 fully saturated rings. The van der Waals surface area contributed by atoms with Crippen LogP contribution in [0, 0.1) is 0 Å². The first kappa shape index (κ1) is 16.6. The Morgan fingerprint density at radius 2 is 1.82 bits per heavy atom. The third-order valence-electron chi connectivity index (χ3n) is 1.94. The van der Waals surface area contributed by atoms with Gasteiger partial charge >= 0.3 is 12.3 Å². The van der Waals surface area contributed by atoms with Crippen molar-refractivity contribution in [3.8, 4) is 0 Å². The molecular formula is C8H16F4N2O2S. The molecule has 0 bridgehead atoms. The Labute approximate surface area is 97.8 Å². The van der Waals surface area contributed by atoms with Crippen LogP contribution in [0.5, 0.6) is 0 Å². The lowest BCUT2D eigenvalue weighted by Gasteiger charge is -2.15. The van der Waals surface area contributed by atoms with Crippen LogP contribution in [0.2, 0.25) is 0 Å². The molecule has 0 aliphatic rings. The molecule has 0 aromatic heterocycles. The molecule has 0 aliphatic heterocycles. The van der Waals surface area contributed by atoms with E-state index in [2.05, 4.69) is 5.32 Å². The summed E-state index contributed by atoms with van der Waals surface area (Å²) in [5.41, 5.74) is 0. The molecule has 0 spiro atoms. The molecule has 0 rings (SSSR count). The minimum atomic E-state index is -4.34. The van der Waals surface area contributed by atoms with E-state index in [0.717, 1.165) is 0 Å². The average molecular weight is 280 g/mol. The van der Waals surface area contributed by atoms with Crippen LogP contribution < -0.4 is 10.0 Å². The molecule has 2 N–H and O–H groups in total. The Morgan fingerprint density at radius 1 is 1.24 bits per heavy atom. The molecule has 104 valence electrons. The van der Waals surface area contributed by atoms with Gasteiger partial charge in [-0.25, -0.2) is 21.9 Å². The van der Waals surface area contributed by atoms with Gasteiger partial charge in [0.05, 0.1) is 12.3 Å². The molecule has 0 saturated heterocycles. The van der Waals surface area contributed by atoms with Crippen LogP contribution in [0.15, 0.2) is 0 Å². The van der Waals surface area contributed by atoms with E-state index in [-0.39, 0.29) is 12.2 Å². The highest BCUT2D eigenvalue weighted by Gasteiger charge is 2.41. The fourth-order valence-corrected chi connectivity index (χ4v) is 2.09. The number of hydrogen-bond acceptors (Lipinski definition) is 3. The largest absolute Gasteiger partial charge is 0.320 e. The van der Waals surface area contributed by atoms with E-state index in [1.807, 2.05) is 0 Å². The Bertz CT molecular complexity index is 309. The minimum absolute atomic E-state index is 0.274. The standard InChI is InChI=1S/C8H16F4N2O2S/c1-13-4-2-3-5-17(15,16)14-6-8(11,12)7(9)10/h7,13-14H,2-6H2,1H3. The number of unbranched alkanes of at least 4 members (excludes halogenated alkanes) is 1. The number of sulfonamides is 1. The van der Waals surface area contributed by atoms with Crippen LogP contribution >= 0.6 is 0 Å². The first-order valence-corrected chi connectivity index (χ1v) is 6.64. The molecule has 0 aliphatic carbocycles. The predicted molar refractivity (Wildman–Crippen MR) is 55.9 cm³/mol. The van der Waals surface area contributed by atoms with Crippen molar-refractivity contribution in [3.63, 3.8) is 0 Å². The van der Waals surface area contributed by atoms with Gasteiger partial charge < -0.3 is 5.32 Å². The molecular weight excluding hydrogens is 264 g/mol. The maximum atomic E-state index is 12.4. The van der Waals surface area contributed by atoms with E-state index in [0.29, 0.717) is 13.0 Å². The minimum Gasteiger partial charge on any atom is -0.320 e. The molecule has 0 unspecified atom stereocenters. The predicted octanol–water partition coefficient (Wildman–Crippen LogP) is 0.806.